The molecule has 1 aliphatic heterocycles. The average Bonchev–Trinajstić information content (AvgIpc) is 2.24. The first kappa shape index (κ1) is 10.9. The summed E-state index contributed by atoms with van der Waals surface area (Å²) in [6, 6.07) is 3.63. The van der Waals surface area contributed by atoms with Crippen LogP contribution < -0.4 is 0 Å². The van der Waals surface area contributed by atoms with E-state index in [-0.39, 0.29) is 13.2 Å². The molecule has 6 heteroatoms. The summed E-state index contributed by atoms with van der Waals surface area (Å²) < 4.78 is 20.3. The quantitative estimate of drug-likeness (QED) is 0.620. The Morgan fingerprint density at radius 2 is 1.43 bits per heavy atom. The normalized spacial score (nSPS) is 26.4. The van der Waals surface area contributed by atoms with Crippen LogP contribution in [0.5, 0.6) is 0 Å². The van der Waals surface area contributed by atoms with Gasteiger partial charge < -0.3 is 18.9 Å². The zero-order valence-corrected chi connectivity index (χ0v) is 7.51. The molecule has 6 nitrogen and oxygen atoms in total. The van der Waals surface area contributed by atoms with E-state index in [9.17, 15) is 0 Å². The largest absolute Gasteiger partial charge is 0.346 e. The van der Waals surface area contributed by atoms with E-state index in [0.717, 1.165) is 0 Å². The van der Waals surface area contributed by atoms with Crippen molar-refractivity contribution in [3.63, 3.8) is 0 Å². The predicted molar refractivity (Wildman–Crippen MR) is 42.6 cm³/mol. The molecule has 0 aromatic carbocycles. The molecule has 0 unspecified atom stereocenters. The van der Waals surface area contributed by atoms with Crippen LogP contribution in [0.4, 0.5) is 0 Å². The van der Waals surface area contributed by atoms with Gasteiger partial charge in [-0.3, -0.25) is 0 Å². The zero-order chi connectivity index (χ0) is 10.2. The zero-order valence-electron chi connectivity index (χ0n) is 7.51. The molecule has 0 radical (unpaired) electrons. The lowest BCUT2D eigenvalue weighted by Crippen LogP contribution is -2.42. The summed E-state index contributed by atoms with van der Waals surface area (Å²) in [5.74, 6) is 0. The Labute approximate surface area is 81.5 Å². The van der Waals surface area contributed by atoms with Gasteiger partial charge in [0.25, 0.3) is 0 Å². The van der Waals surface area contributed by atoms with Crippen LogP contribution in [0, 0.1) is 22.7 Å². The molecule has 0 bridgehead atoms. The van der Waals surface area contributed by atoms with Gasteiger partial charge in [0, 0.05) is 0 Å². The van der Waals surface area contributed by atoms with Crippen LogP contribution in [0.1, 0.15) is 0 Å². The molecule has 0 aromatic heterocycles. The second kappa shape index (κ2) is 6.30. The van der Waals surface area contributed by atoms with Crippen molar-refractivity contribution in [2.45, 2.75) is 12.6 Å². The lowest BCUT2D eigenvalue weighted by Gasteiger charge is -2.29. The molecule has 0 amide bonds. The predicted octanol–water partition coefficient (Wildman–Crippen LogP) is -0.234. The van der Waals surface area contributed by atoms with Crippen molar-refractivity contribution in [2.75, 3.05) is 26.4 Å². The minimum Gasteiger partial charge on any atom is -0.346 e. The second-order valence-corrected chi connectivity index (χ2v) is 2.42. The fourth-order valence-electron chi connectivity index (χ4n) is 0.978. The SMILES string of the molecule is N#CCO[C@@H]1OCCO[C@@H]1OCC#N. The minimum absolute atomic E-state index is 0.0968. The molecule has 1 rings (SSSR count). The summed E-state index contributed by atoms with van der Waals surface area (Å²) in [7, 11) is 0. The van der Waals surface area contributed by atoms with Gasteiger partial charge in [0.1, 0.15) is 13.2 Å². The van der Waals surface area contributed by atoms with Crippen molar-refractivity contribution in [3.05, 3.63) is 0 Å². The molecule has 0 aromatic rings. The van der Waals surface area contributed by atoms with E-state index >= 15 is 0 Å². The first-order chi connectivity index (χ1) is 6.88. The van der Waals surface area contributed by atoms with Gasteiger partial charge >= 0.3 is 0 Å². The molecule has 0 aliphatic carbocycles. The van der Waals surface area contributed by atoms with Gasteiger partial charge in [-0.25, -0.2) is 0 Å². The first-order valence-corrected chi connectivity index (χ1v) is 4.09. The lowest BCUT2D eigenvalue weighted by molar-refractivity contribution is -0.314. The van der Waals surface area contributed by atoms with Crippen LogP contribution in [-0.2, 0) is 18.9 Å². The molecular formula is C8H10N2O4. The highest BCUT2D eigenvalue weighted by Gasteiger charge is 2.28. The third kappa shape index (κ3) is 3.29. The Morgan fingerprint density at radius 3 is 1.79 bits per heavy atom. The van der Waals surface area contributed by atoms with Crippen molar-refractivity contribution in [1.29, 1.82) is 10.5 Å². The highest BCUT2D eigenvalue weighted by molar-refractivity contribution is 4.71. The first-order valence-electron chi connectivity index (χ1n) is 4.09. The summed E-state index contributed by atoms with van der Waals surface area (Å²) in [5.41, 5.74) is 0. The van der Waals surface area contributed by atoms with E-state index in [4.69, 9.17) is 29.5 Å². The number of nitrogens with zero attached hydrogens (tertiary/aromatic N) is 2. The molecule has 1 saturated heterocycles. The van der Waals surface area contributed by atoms with Crippen molar-refractivity contribution in [2.24, 2.45) is 0 Å². The second-order valence-electron chi connectivity index (χ2n) is 2.42. The van der Waals surface area contributed by atoms with Gasteiger partial charge in [0.05, 0.1) is 25.4 Å². The van der Waals surface area contributed by atoms with Crippen LogP contribution >= 0.6 is 0 Å². The van der Waals surface area contributed by atoms with Gasteiger partial charge in [0.15, 0.2) is 0 Å². The van der Waals surface area contributed by atoms with Crippen LogP contribution in [0.15, 0.2) is 0 Å². The molecule has 0 saturated carbocycles. The Balaban J connectivity index is 2.35. The topological polar surface area (TPSA) is 84.5 Å². The highest BCUT2D eigenvalue weighted by atomic mass is 16.8. The van der Waals surface area contributed by atoms with Crippen molar-refractivity contribution < 1.29 is 18.9 Å². The van der Waals surface area contributed by atoms with E-state index in [2.05, 4.69) is 0 Å². The molecule has 14 heavy (non-hydrogen) atoms. The maximum atomic E-state index is 8.29. The third-order valence-electron chi connectivity index (χ3n) is 1.49. The van der Waals surface area contributed by atoms with Crippen LogP contribution in [-0.4, -0.2) is 39.0 Å². The molecule has 76 valence electrons. The summed E-state index contributed by atoms with van der Waals surface area (Å²) in [5, 5.41) is 16.6. The number of rotatable bonds is 4. The van der Waals surface area contributed by atoms with E-state index < -0.39 is 12.6 Å². The Bertz CT molecular complexity index is 219. The van der Waals surface area contributed by atoms with Crippen molar-refractivity contribution in [1.82, 2.24) is 0 Å². The summed E-state index contributed by atoms with van der Waals surface area (Å²) in [6.45, 7) is 0.589. The maximum Gasteiger partial charge on any atom is 0.210 e. The average molecular weight is 198 g/mol. The number of ether oxygens (including phenoxy) is 4. The molecule has 1 aliphatic rings. The smallest absolute Gasteiger partial charge is 0.210 e. The third-order valence-corrected chi connectivity index (χ3v) is 1.49. The van der Waals surface area contributed by atoms with Crippen molar-refractivity contribution in [3.8, 4) is 12.1 Å². The van der Waals surface area contributed by atoms with Gasteiger partial charge in [-0.05, 0) is 0 Å². The number of hydrogen-bond acceptors (Lipinski definition) is 6. The summed E-state index contributed by atoms with van der Waals surface area (Å²) >= 11 is 0. The summed E-state index contributed by atoms with van der Waals surface area (Å²) in [6.07, 6.45) is -1.45. The Hall–Kier alpha value is -1.18. The maximum absolute atomic E-state index is 8.29. The van der Waals surface area contributed by atoms with Gasteiger partial charge in [-0.1, -0.05) is 0 Å². The Morgan fingerprint density at radius 1 is 1.00 bits per heavy atom. The van der Waals surface area contributed by atoms with Crippen LogP contribution in [0.25, 0.3) is 0 Å². The van der Waals surface area contributed by atoms with Crippen molar-refractivity contribution >= 4 is 0 Å². The van der Waals surface area contributed by atoms with E-state index in [1.165, 1.54) is 0 Å². The number of nitriles is 2. The van der Waals surface area contributed by atoms with E-state index in [0.29, 0.717) is 13.2 Å². The Kier molecular flexibility index (Phi) is 4.90. The molecular weight excluding hydrogens is 188 g/mol. The lowest BCUT2D eigenvalue weighted by atomic mass is 10.5. The highest BCUT2D eigenvalue weighted by Crippen LogP contribution is 2.12. The fourth-order valence-corrected chi connectivity index (χ4v) is 0.978. The van der Waals surface area contributed by atoms with Gasteiger partial charge in [0.2, 0.25) is 12.6 Å². The van der Waals surface area contributed by atoms with E-state index in [1.54, 1.807) is 0 Å². The van der Waals surface area contributed by atoms with Gasteiger partial charge in [-0.15, -0.1) is 0 Å². The van der Waals surface area contributed by atoms with Crippen LogP contribution in [0.3, 0.4) is 0 Å². The number of hydrogen-bond donors (Lipinski definition) is 0. The molecule has 0 N–H and O–H groups in total. The monoisotopic (exact) mass is 198 g/mol. The molecule has 0 spiro atoms. The molecule has 1 heterocycles. The fraction of sp³-hybridized carbons (Fsp3) is 0.750. The minimum atomic E-state index is -0.725. The standard InChI is InChI=1S/C8H10N2O4/c9-1-3-11-7-8(12-4-2-10)14-6-5-13-7/h7-8H,3-6H2/t7-,8+. The summed E-state index contributed by atoms with van der Waals surface area (Å²) in [4.78, 5) is 0. The van der Waals surface area contributed by atoms with Crippen LogP contribution in [0.2, 0.25) is 0 Å². The molecule has 2 atom stereocenters. The van der Waals surface area contributed by atoms with Gasteiger partial charge in [-0.2, -0.15) is 10.5 Å². The molecule has 1 fully saturated rings. The van der Waals surface area contributed by atoms with E-state index in [1.807, 2.05) is 12.1 Å².